The summed E-state index contributed by atoms with van der Waals surface area (Å²) < 4.78 is 25.4. The standard InChI is InChI=1S/C20H21N3O4S/c1-14(24)22-11-9-15-13-16(3-8-19(15)22)20(25)21-17-4-6-18(7-5-17)23-10-2-12-28(23,26)27/h3-8,13H,2,9-12H2,1H3,(H,21,25). The number of nitrogens with zero attached hydrogens (tertiary/aromatic N) is 2. The zero-order valence-corrected chi connectivity index (χ0v) is 16.3. The van der Waals surface area contributed by atoms with Gasteiger partial charge in [-0.1, -0.05) is 0 Å². The molecule has 1 saturated heterocycles. The van der Waals surface area contributed by atoms with Gasteiger partial charge in [-0.3, -0.25) is 13.9 Å². The number of carbonyl (C=O) groups is 2. The minimum Gasteiger partial charge on any atom is -0.322 e. The molecule has 0 unspecified atom stereocenters. The van der Waals surface area contributed by atoms with Crippen LogP contribution in [0, 0.1) is 0 Å². The van der Waals surface area contributed by atoms with Gasteiger partial charge in [0.1, 0.15) is 0 Å². The maximum absolute atomic E-state index is 12.6. The van der Waals surface area contributed by atoms with E-state index in [0.29, 0.717) is 36.4 Å². The van der Waals surface area contributed by atoms with Crippen LogP contribution < -0.4 is 14.5 Å². The van der Waals surface area contributed by atoms with Gasteiger partial charge in [0, 0.05) is 37.0 Å². The number of amides is 2. The van der Waals surface area contributed by atoms with E-state index in [1.54, 1.807) is 41.3 Å². The Bertz CT molecular complexity index is 1050. The van der Waals surface area contributed by atoms with E-state index in [9.17, 15) is 18.0 Å². The first-order valence-corrected chi connectivity index (χ1v) is 10.8. The third-order valence-corrected chi connectivity index (χ3v) is 7.00. The van der Waals surface area contributed by atoms with E-state index >= 15 is 0 Å². The summed E-state index contributed by atoms with van der Waals surface area (Å²) in [6.07, 6.45) is 1.36. The highest BCUT2D eigenvalue weighted by Gasteiger charge is 2.28. The molecule has 0 saturated carbocycles. The summed E-state index contributed by atoms with van der Waals surface area (Å²) in [4.78, 5) is 25.9. The summed E-state index contributed by atoms with van der Waals surface area (Å²) in [5.41, 5.74) is 3.57. The van der Waals surface area contributed by atoms with Gasteiger partial charge < -0.3 is 10.2 Å². The fourth-order valence-corrected chi connectivity index (χ4v) is 5.28. The minimum atomic E-state index is -3.22. The fraction of sp³-hybridized carbons (Fsp3) is 0.300. The quantitative estimate of drug-likeness (QED) is 0.859. The number of carbonyl (C=O) groups excluding carboxylic acids is 2. The molecule has 0 aliphatic carbocycles. The number of fused-ring (bicyclic) bond motifs is 1. The van der Waals surface area contributed by atoms with Gasteiger partial charge in [-0.15, -0.1) is 0 Å². The Hall–Kier alpha value is -2.87. The van der Waals surface area contributed by atoms with Crippen molar-refractivity contribution in [1.82, 2.24) is 0 Å². The smallest absolute Gasteiger partial charge is 0.255 e. The van der Waals surface area contributed by atoms with Crippen molar-refractivity contribution < 1.29 is 18.0 Å². The van der Waals surface area contributed by atoms with Crippen LogP contribution in [0.1, 0.15) is 29.3 Å². The molecule has 2 amide bonds. The Labute approximate surface area is 164 Å². The lowest BCUT2D eigenvalue weighted by atomic mass is 10.1. The SMILES string of the molecule is CC(=O)N1CCc2cc(C(=O)Nc3ccc(N4CCCS4(=O)=O)cc3)ccc21. The zero-order valence-electron chi connectivity index (χ0n) is 15.5. The van der Waals surface area contributed by atoms with Crippen LogP contribution >= 0.6 is 0 Å². The van der Waals surface area contributed by atoms with Gasteiger partial charge in [-0.25, -0.2) is 8.42 Å². The van der Waals surface area contributed by atoms with Crippen molar-refractivity contribution in [1.29, 1.82) is 0 Å². The number of anilines is 3. The van der Waals surface area contributed by atoms with Gasteiger partial charge in [0.15, 0.2) is 0 Å². The summed E-state index contributed by atoms with van der Waals surface area (Å²) in [5.74, 6) is -0.0769. The van der Waals surface area contributed by atoms with Crippen LogP contribution in [0.5, 0.6) is 0 Å². The number of benzene rings is 2. The Balaban J connectivity index is 1.48. The van der Waals surface area contributed by atoms with Crippen LogP contribution in [0.3, 0.4) is 0 Å². The van der Waals surface area contributed by atoms with E-state index in [-0.39, 0.29) is 17.6 Å². The molecule has 28 heavy (non-hydrogen) atoms. The normalized spacial score (nSPS) is 17.5. The summed E-state index contributed by atoms with van der Waals surface area (Å²) in [6, 6.07) is 12.1. The second kappa shape index (κ2) is 6.94. The highest BCUT2D eigenvalue weighted by molar-refractivity contribution is 7.93. The molecule has 0 aromatic heterocycles. The van der Waals surface area contributed by atoms with Crippen molar-refractivity contribution in [3.63, 3.8) is 0 Å². The molecular weight excluding hydrogens is 378 g/mol. The number of hydrogen-bond donors (Lipinski definition) is 1. The van der Waals surface area contributed by atoms with Crippen molar-refractivity contribution in [2.24, 2.45) is 0 Å². The van der Waals surface area contributed by atoms with Crippen molar-refractivity contribution in [2.75, 3.05) is 33.4 Å². The van der Waals surface area contributed by atoms with Crippen LogP contribution in [0.2, 0.25) is 0 Å². The lowest BCUT2D eigenvalue weighted by molar-refractivity contribution is -0.116. The molecule has 2 aromatic rings. The number of hydrogen-bond acceptors (Lipinski definition) is 4. The van der Waals surface area contributed by atoms with Crippen LogP contribution in [0.15, 0.2) is 42.5 Å². The Kier molecular flexibility index (Phi) is 4.58. The molecule has 2 heterocycles. The summed E-state index contributed by atoms with van der Waals surface area (Å²) in [7, 11) is -3.22. The molecule has 2 aliphatic heterocycles. The second-order valence-corrected chi connectivity index (χ2v) is 9.02. The summed E-state index contributed by atoms with van der Waals surface area (Å²) in [5, 5.41) is 2.83. The van der Waals surface area contributed by atoms with Gasteiger partial charge in [0.05, 0.1) is 11.4 Å². The first kappa shape index (κ1) is 18.5. The van der Waals surface area contributed by atoms with Crippen LogP contribution in [-0.4, -0.2) is 39.1 Å². The first-order valence-electron chi connectivity index (χ1n) is 9.18. The molecular formula is C20H21N3O4S. The average Bonchev–Trinajstić information content (AvgIpc) is 3.24. The molecule has 0 bridgehead atoms. The van der Waals surface area contributed by atoms with E-state index in [4.69, 9.17) is 0 Å². The number of sulfonamides is 1. The van der Waals surface area contributed by atoms with Crippen molar-refractivity contribution in [3.8, 4) is 0 Å². The monoisotopic (exact) mass is 399 g/mol. The fourth-order valence-electron chi connectivity index (χ4n) is 3.71. The Morgan fingerprint density at radius 1 is 1.04 bits per heavy atom. The van der Waals surface area contributed by atoms with E-state index in [2.05, 4.69) is 5.32 Å². The molecule has 4 rings (SSSR count). The Morgan fingerprint density at radius 3 is 2.43 bits per heavy atom. The van der Waals surface area contributed by atoms with E-state index in [1.807, 2.05) is 6.07 Å². The molecule has 1 N–H and O–H groups in total. The predicted octanol–water partition coefficient (Wildman–Crippen LogP) is 2.39. The number of nitrogens with one attached hydrogen (secondary N) is 1. The summed E-state index contributed by atoms with van der Waals surface area (Å²) in [6.45, 7) is 2.66. The largest absolute Gasteiger partial charge is 0.322 e. The lowest BCUT2D eigenvalue weighted by Gasteiger charge is -2.17. The van der Waals surface area contributed by atoms with E-state index in [0.717, 1.165) is 17.7 Å². The summed E-state index contributed by atoms with van der Waals surface area (Å²) >= 11 is 0. The average molecular weight is 399 g/mol. The highest BCUT2D eigenvalue weighted by Crippen LogP contribution is 2.29. The molecule has 8 heteroatoms. The second-order valence-electron chi connectivity index (χ2n) is 7.01. The Morgan fingerprint density at radius 2 is 1.79 bits per heavy atom. The number of rotatable bonds is 3. The van der Waals surface area contributed by atoms with E-state index < -0.39 is 10.0 Å². The predicted molar refractivity (Wildman–Crippen MR) is 108 cm³/mol. The molecule has 1 fully saturated rings. The van der Waals surface area contributed by atoms with Crippen molar-refractivity contribution >= 4 is 38.9 Å². The molecule has 0 atom stereocenters. The maximum atomic E-state index is 12.6. The van der Waals surface area contributed by atoms with Gasteiger partial charge in [-0.2, -0.15) is 0 Å². The molecule has 2 aromatic carbocycles. The van der Waals surface area contributed by atoms with E-state index in [1.165, 1.54) is 11.2 Å². The molecule has 7 nitrogen and oxygen atoms in total. The zero-order chi connectivity index (χ0) is 19.9. The van der Waals surface area contributed by atoms with Gasteiger partial charge in [0.2, 0.25) is 15.9 Å². The molecule has 0 spiro atoms. The van der Waals surface area contributed by atoms with Crippen molar-refractivity contribution in [2.45, 2.75) is 19.8 Å². The third kappa shape index (κ3) is 3.35. The van der Waals surface area contributed by atoms with Crippen LogP contribution in [0.4, 0.5) is 17.1 Å². The third-order valence-electron chi connectivity index (χ3n) is 5.13. The van der Waals surface area contributed by atoms with Gasteiger partial charge >= 0.3 is 0 Å². The van der Waals surface area contributed by atoms with Gasteiger partial charge in [-0.05, 0) is 60.9 Å². The molecule has 2 aliphatic rings. The van der Waals surface area contributed by atoms with Crippen LogP contribution in [0.25, 0.3) is 0 Å². The van der Waals surface area contributed by atoms with Crippen LogP contribution in [-0.2, 0) is 21.2 Å². The molecule has 146 valence electrons. The lowest BCUT2D eigenvalue weighted by Crippen LogP contribution is -2.25. The highest BCUT2D eigenvalue weighted by atomic mass is 32.2. The van der Waals surface area contributed by atoms with Gasteiger partial charge in [0.25, 0.3) is 5.91 Å². The molecule has 0 radical (unpaired) electrons. The maximum Gasteiger partial charge on any atom is 0.255 e. The topological polar surface area (TPSA) is 86.8 Å². The first-order chi connectivity index (χ1) is 13.3. The minimum absolute atomic E-state index is 0.00365. The van der Waals surface area contributed by atoms with Crippen molar-refractivity contribution in [3.05, 3.63) is 53.6 Å².